The van der Waals surface area contributed by atoms with Gasteiger partial charge in [-0.25, -0.2) is 0 Å². The average molecular weight is 494 g/mol. The molecule has 0 radical (unpaired) electrons. The molecule has 1 aliphatic heterocycles. The van der Waals surface area contributed by atoms with Gasteiger partial charge in [-0.3, -0.25) is 4.99 Å². The van der Waals surface area contributed by atoms with Crippen molar-refractivity contribution in [3.05, 3.63) is 34.9 Å². The van der Waals surface area contributed by atoms with Crippen LogP contribution in [0.15, 0.2) is 29.3 Å². The van der Waals surface area contributed by atoms with E-state index >= 15 is 0 Å². The van der Waals surface area contributed by atoms with Crippen molar-refractivity contribution in [3.63, 3.8) is 0 Å². The maximum Gasteiger partial charge on any atom is 0.191 e. The largest absolute Gasteiger partial charge is 0.357 e. The molecule has 0 aromatic heterocycles. The van der Waals surface area contributed by atoms with Crippen molar-refractivity contribution in [1.29, 1.82) is 0 Å². The summed E-state index contributed by atoms with van der Waals surface area (Å²) < 4.78 is 0. The summed E-state index contributed by atoms with van der Waals surface area (Å²) in [6, 6.07) is 8.03. The van der Waals surface area contributed by atoms with Gasteiger partial charge in [-0.05, 0) is 57.6 Å². The van der Waals surface area contributed by atoms with E-state index in [1.54, 1.807) is 0 Å². The topological polar surface area (TPSA) is 42.9 Å². The van der Waals surface area contributed by atoms with Crippen LogP contribution >= 0.6 is 35.6 Å². The van der Waals surface area contributed by atoms with Crippen LogP contribution in [0.1, 0.15) is 18.9 Å². The Hall–Kier alpha value is -0.570. The number of benzene rings is 1. The van der Waals surface area contributed by atoms with Gasteiger partial charge < -0.3 is 20.4 Å². The zero-order chi connectivity index (χ0) is 17.9. The van der Waals surface area contributed by atoms with Gasteiger partial charge in [0.1, 0.15) is 0 Å². The Morgan fingerprint density at radius 1 is 1.12 bits per heavy atom. The average Bonchev–Trinajstić information content (AvgIpc) is 2.81. The van der Waals surface area contributed by atoms with E-state index in [0.29, 0.717) is 0 Å². The lowest BCUT2D eigenvalue weighted by molar-refractivity contribution is 0.283. The Bertz CT molecular complexity index is 523. The first-order valence-electron chi connectivity index (χ1n) is 9.35. The summed E-state index contributed by atoms with van der Waals surface area (Å²) in [6.45, 7) is 10.4. The van der Waals surface area contributed by atoms with Crippen LogP contribution in [-0.4, -0.2) is 75.2 Å². The van der Waals surface area contributed by atoms with Crippen LogP contribution in [0.25, 0.3) is 0 Å². The van der Waals surface area contributed by atoms with E-state index in [1.165, 1.54) is 25.1 Å². The Balaban J connectivity index is 0.00000338. The second-order valence-electron chi connectivity index (χ2n) is 6.56. The van der Waals surface area contributed by atoms with Crippen molar-refractivity contribution >= 4 is 41.5 Å². The van der Waals surface area contributed by atoms with Crippen LogP contribution in [0.3, 0.4) is 0 Å². The normalized spacial score (nSPS) is 16.7. The van der Waals surface area contributed by atoms with Gasteiger partial charge in [0.25, 0.3) is 0 Å². The van der Waals surface area contributed by atoms with Crippen LogP contribution in [-0.2, 0) is 6.42 Å². The van der Waals surface area contributed by atoms with Crippen molar-refractivity contribution in [3.8, 4) is 0 Å². The van der Waals surface area contributed by atoms with Crippen LogP contribution in [0.4, 0.5) is 0 Å². The van der Waals surface area contributed by atoms with Crippen molar-refractivity contribution in [2.24, 2.45) is 4.99 Å². The minimum atomic E-state index is 0. The van der Waals surface area contributed by atoms with Gasteiger partial charge in [-0.1, -0.05) is 23.7 Å². The lowest BCUT2D eigenvalue weighted by Gasteiger charge is -2.19. The highest BCUT2D eigenvalue weighted by atomic mass is 127. The first-order chi connectivity index (χ1) is 12.2. The Morgan fingerprint density at radius 2 is 1.88 bits per heavy atom. The summed E-state index contributed by atoms with van der Waals surface area (Å²) in [5.74, 6) is 0.906. The summed E-state index contributed by atoms with van der Waals surface area (Å²) in [4.78, 5) is 9.65. The third-order valence-corrected chi connectivity index (χ3v) is 4.71. The first kappa shape index (κ1) is 23.5. The molecule has 7 heteroatoms. The molecule has 26 heavy (non-hydrogen) atoms. The molecule has 0 atom stereocenters. The molecule has 1 heterocycles. The molecule has 1 fully saturated rings. The highest BCUT2D eigenvalue weighted by Crippen LogP contribution is 2.09. The van der Waals surface area contributed by atoms with Crippen LogP contribution in [0, 0.1) is 0 Å². The molecule has 0 saturated carbocycles. The molecule has 1 saturated heterocycles. The van der Waals surface area contributed by atoms with E-state index in [0.717, 1.165) is 56.7 Å². The molecular weight excluding hydrogens is 461 g/mol. The monoisotopic (exact) mass is 493 g/mol. The molecule has 0 unspecified atom stereocenters. The molecule has 2 N–H and O–H groups in total. The third-order valence-electron chi connectivity index (χ3n) is 4.46. The van der Waals surface area contributed by atoms with Gasteiger partial charge >= 0.3 is 0 Å². The molecular formula is C19H33ClIN5. The number of likely N-dealkylation sites (N-methyl/N-ethyl adjacent to an activating group) is 1. The Kier molecular flexibility index (Phi) is 12.3. The number of rotatable bonds is 7. The van der Waals surface area contributed by atoms with Gasteiger partial charge in [0, 0.05) is 37.7 Å². The fourth-order valence-corrected chi connectivity index (χ4v) is 3.07. The summed E-state index contributed by atoms with van der Waals surface area (Å²) in [5, 5.41) is 7.53. The molecule has 5 nitrogen and oxygen atoms in total. The van der Waals surface area contributed by atoms with Crippen molar-refractivity contribution < 1.29 is 0 Å². The van der Waals surface area contributed by atoms with Gasteiger partial charge in [0.2, 0.25) is 0 Å². The number of guanidine groups is 1. The number of nitrogens with one attached hydrogen (secondary N) is 2. The van der Waals surface area contributed by atoms with Gasteiger partial charge in [-0.15, -0.1) is 24.0 Å². The molecule has 0 bridgehead atoms. The second kappa shape index (κ2) is 13.6. The second-order valence-corrected chi connectivity index (χ2v) is 7.00. The number of hydrogen-bond acceptors (Lipinski definition) is 3. The molecule has 0 amide bonds. The lowest BCUT2D eigenvalue weighted by Crippen LogP contribution is -2.39. The fourth-order valence-electron chi connectivity index (χ4n) is 2.94. The van der Waals surface area contributed by atoms with E-state index < -0.39 is 0 Å². The summed E-state index contributed by atoms with van der Waals surface area (Å²) in [6.07, 6.45) is 2.21. The summed E-state index contributed by atoms with van der Waals surface area (Å²) >= 11 is 5.93. The van der Waals surface area contributed by atoms with E-state index in [1.807, 2.05) is 12.1 Å². The van der Waals surface area contributed by atoms with E-state index in [-0.39, 0.29) is 24.0 Å². The van der Waals surface area contributed by atoms with Crippen molar-refractivity contribution in [2.75, 3.05) is 59.4 Å². The van der Waals surface area contributed by atoms with Gasteiger partial charge in [0.15, 0.2) is 5.96 Å². The van der Waals surface area contributed by atoms with Gasteiger partial charge in [0.05, 0.1) is 6.54 Å². The van der Waals surface area contributed by atoms with Crippen LogP contribution in [0.2, 0.25) is 5.02 Å². The standard InChI is InChI=1S/C19H32ClN5.HI/c1-3-21-19(22-10-9-17-5-7-18(20)8-6-17)23-11-14-25-13-4-12-24(2)15-16-25;/h5-8H,3-4,9-16H2,1-2H3,(H2,21,22,23);1H. The number of hydrogen-bond donors (Lipinski definition) is 2. The minimum absolute atomic E-state index is 0. The number of nitrogens with zero attached hydrogens (tertiary/aromatic N) is 3. The van der Waals surface area contributed by atoms with E-state index in [9.17, 15) is 0 Å². The Morgan fingerprint density at radius 3 is 2.62 bits per heavy atom. The van der Waals surface area contributed by atoms with E-state index in [4.69, 9.17) is 16.6 Å². The van der Waals surface area contributed by atoms with Crippen LogP contribution < -0.4 is 10.6 Å². The predicted octanol–water partition coefficient (Wildman–Crippen LogP) is 2.69. The molecule has 2 rings (SSSR count). The molecule has 1 aromatic rings. The highest BCUT2D eigenvalue weighted by molar-refractivity contribution is 14.0. The SMILES string of the molecule is CCNC(=NCCN1CCCN(C)CC1)NCCc1ccc(Cl)cc1.I. The van der Waals surface area contributed by atoms with Gasteiger partial charge in [-0.2, -0.15) is 0 Å². The maximum atomic E-state index is 5.93. The maximum absolute atomic E-state index is 5.93. The summed E-state index contributed by atoms with van der Waals surface area (Å²) in [5.41, 5.74) is 1.28. The van der Waals surface area contributed by atoms with E-state index in [2.05, 4.69) is 46.5 Å². The van der Waals surface area contributed by atoms with Crippen molar-refractivity contribution in [1.82, 2.24) is 20.4 Å². The highest BCUT2D eigenvalue weighted by Gasteiger charge is 2.11. The predicted molar refractivity (Wildman–Crippen MR) is 123 cm³/mol. The molecule has 148 valence electrons. The molecule has 0 spiro atoms. The Labute approximate surface area is 180 Å². The minimum Gasteiger partial charge on any atom is -0.357 e. The summed E-state index contributed by atoms with van der Waals surface area (Å²) in [7, 11) is 2.20. The molecule has 0 aliphatic carbocycles. The zero-order valence-electron chi connectivity index (χ0n) is 16.0. The fraction of sp³-hybridized carbons (Fsp3) is 0.632. The third kappa shape index (κ3) is 9.39. The first-order valence-corrected chi connectivity index (χ1v) is 9.72. The smallest absolute Gasteiger partial charge is 0.191 e. The quantitative estimate of drug-likeness (QED) is 0.348. The zero-order valence-corrected chi connectivity index (χ0v) is 19.1. The van der Waals surface area contributed by atoms with Crippen LogP contribution in [0.5, 0.6) is 0 Å². The number of halogens is 2. The molecule has 1 aliphatic rings. The number of aliphatic imine (C=N–C) groups is 1. The lowest BCUT2D eigenvalue weighted by atomic mass is 10.1. The molecule has 1 aromatic carbocycles. The van der Waals surface area contributed by atoms with Crippen molar-refractivity contribution in [2.45, 2.75) is 19.8 Å².